The number of nitrogens with two attached hydrogens (primary N) is 1. The van der Waals surface area contributed by atoms with E-state index in [9.17, 15) is 0 Å². The molecule has 0 aliphatic heterocycles. The first-order chi connectivity index (χ1) is 9.31. The van der Waals surface area contributed by atoms with Gasteiger partial charge in [0.25, 0.3) is 0 Å². The van der Waals surface area contributed by atoms with E-state index < -0.39 is 0 Å². The van der Waals surface area contributed by atoms with Gasteiger partial charge in [-0.05, 0) is 31.4 Å². The van der Waals surface area contributed by atoms with Gasteiger partial charge in [0.1, 0.15) is 11.4 Å². The molecule has 0 bridgehead atoms. The molecule has 0 saturated heterocycles. The van der Waals surface area contributed by atoms with E-state index in [-0.39, 0.29) is 6.04 Å². The Hall–Kier alpha value is -1.81. The van der Waals surface area contributed by atoms with Crippen LogP contribution in [0.2, 0.25) is 0 Å². The number of ether oxygens (including phenoxy) is 1. The van der Waals surface area contributed by atoms with Crippen molar-refractivity contribution >= 4 is 0 Å². The van der Waals surface area contributed by atoms with Gasteiger partial charge in [-0.3, -0.25) is 0 Å². The topological polar surface area (TPSA) is 53.1 Å². The molecular weight excluding hydrogens is 238 g/mol. The Morgan fingerprint density at radius 3 is 3.00 bits per heavy atom. The van der Waals surface area contributed by atoms with Crippen molar-refractivity contribution < 1.29 is 4.74 Å². The summed E-state index contributed by atoms with van der Waals surface area (Å²) in [4.78, 5) is 0. The zero-order valence-corrected chi connectivity index (χ0v) is 11.2. The molecule has 1 aliphatic rings. The van der Waals surface area contributed by atoms with Gasteiger partial charge in [-0.25, -0.2) is 4.68 Å². The van der Waals surface area contributed by atoms with Crippen molar-refractivity contribution in [2.75, 3.05) is 7.11 Å². The molecule has 1 aliphatic carbocycles. The fourth-order valence-corrected chi connectivity index (χ4v) is 2.77. The van der Waals surface area contributed by atoms with Gasteiger partial charge in [-0.15, -0.1) is 0 Å². The van der Waals surface area contributed by atoms with Crippen molar-refractivity contribution in [3.63, 3.8) is 0 Å². The van der Waals surface area contributed by atoms with E-state index in [2.05, 4.69) is 5.10 Å². The van der Waals surface area contributed by atoms with Crippen molar-refractivity contribution in [2.45, 2.75) is 31.7 Å². The number of rotatable bonds is 2. The van der Waals surface area contributed by atoms with Crippen LogP contribution >= 0.6 is 0 Å². The monoisotopic (exact) mass is 257 g/mol. The lowest BCUT2D eigenvalue weighted by Crippen LogP contribution is -2.10. The molecule has 1 atom stereocenters. The number of para-hydroxylation sites is 2. The largest absolute Gasteiger partial charge is 0.494 e. The van der Waals surface area contributed by atoms with Crippen molar-refractivity contribution in [2.24, 2.45) is 5.73 Å². The third-order valence-corrected chi connectivity index (χ3v) is 3.79. The van der Waals surface area contributed by atoms with E-state index in [1.807, 2.05) is 35.1 Å². The normalized spacial score (nSPS) is 18.7. The van der Waals surface area contributed by atoms with Crippen molar-refractivity contribution in [1.82, 2.24) is 9.78 Å². The SMILES string of the molecule is COc1ccccc1-n1ncc2c1CCCCC2N. The number of aromatic nitrogens is 2. The Morgan fingerprint density at radius 2 is 2.16 bits per heavy atom. The van der Waals surface area contributed by atoms with Crippen LogP contribution in [0.3, 0.4) is 0 Å². The predicted molar refractivity (Wildman–Crippen MR) is 74.6 cm³/mol. The van der Waals surface area contributed by atoms with E-state index in [0.29, 0.717) is 0 Å². The van der Waals surface area contributed by atoms with Crippen molar-refractivity contribution in [3.8, 4) is 11.4 Å². The van der Waals surface area contributed by atoms with Crippen LogP contribution in [0.5, 0.6) is 5.75 Å². The van der Waals surface area contributed by atoms with Crippen LogP contribution in [-0.4, -0.2) is 16.9 Å². The van der Waals surface area contributed by atoms with Crippen LogP contribution in [0, 0.1) is 0 Å². The molecule has 100 valence electrons. The molecule has 1 aromatic heterocycles. The van der Waals surface area contributed by atoms with Crippen LogP contribution in [0.4, 0.5) is 0 Å². The lowest BCUT2D eigenvalue weighted by atomic mass is 10.1. The highest BCUT2D eigenvalue weighted by Crippen LogP contribution is 2.30. The van der Waals surface area contributed by atoms with Gasteiger partial charge in [-0.2, -0.15) is 5.10 Å². The molecule has 4 nitrogen and oxygen atoms in total. The summed E-state index contributed by atoms with van der Waals surface area (Å²) in [5.74, 6) is 0.839. The summed E-state index contributed by atoms with van der Waals surface area (Å²) in [5.41, 5.74) is 9.62. The van der Waals surface area contributed by atoms with E-state index in [1.54, 1.807) is 7.11 Å². The molecule has 0 fully saturated rings. The summed E-state index contributed by atoms with van der Waals surface area (Å²) < 4.78 is 7.41. The smallest absolute Gasteiger partial charge is 0.144 e. The summed E-state index contributed by atoms with van der Waals surface area (Å²) in [6.45, 7) is 0. The van der Waals surface area contributed by atoms with Gasteiger partial charge >= 0.3 is 0 Å². The highest BCUT2D eigenvalue weighted by atomic mass is 16.5. The Labute approximate surface area is 113 Å². The van der Waals surface area contributed by atoms with E-state index in [4.69, 9.17) is 10.5 Å². The molecule has 0 radical (unpaired) electrons. The molecule has 19 heavy (non-hydrogen) atoms. The maximum absolute atomic E-state index is 6.22. The standard InChI is InChI=1S/C15H19N3O/c1-19-15-9-5-4-8-14(15)18-13-7-3-2-6-12(16)11(13)10-17-18/h4-5,8-10,12H,2-3,6-7,16H2,1H3. The number of fused-ring (bicyclic) bond motifs is 1. The molecule has 0 spiro atoms. The molecule has 0 amide bonds. The van der Waals surface area contributed by atoms with E-state index in [0.717, 1.165) is 24.3 Å². The Kier molecular flexibility index (Phi) is 3.25. The van der Waals surface area contributed by atoms with Gasteiger partial charge in [0, 0.05) is 17.3 Å². The van der Waals surface area contributed by atoms with Crippen LogP contribution in [0.15, 0.2) is 30.5 Å². The van der Waals surface area contributed by atoms with Gasteiger partial charge in [0.15, 0.2) is 0 Å². The number of methoxy groups -OCH3 is 1. The van der Waals surface area contributed by atoms with Gasteiger partial charge < -0.3 is 10.5 Å². The second-order valence-corrected chi connectivity index (χ2v) is 4.98. The van der Waals surface area contributed by atoms with Gasteiger partial charge in [0.2, 0.25) is 0 Å². The highest BCUT2D eigenvalue weighted by Gasteiger charge is 2.21. The Balaban J connectivity index is 2.11. The minimum absolute atomic E-state index is 0.112. The molecule has 0 saturated carbocycles. The third kappa shape index (κ3) is 2.12. The number of hydrogen-bond acceptors (Lipinski definition) is 3. The van der Waals surface area contributed by atoms with Crippen molar-refractivity contribution in [3.05, 3.63) is 41.7 Å². The van der Waals surface area contributed by atoms with Gasteiger partial charge in [0.05, 0.1) is 13.3 Å². The highest BCUT2D eigenvalue weighted by molar-refractivity contribution is 5.48. The summed E-state index contributed by atoms with van der Waals surface area (Å²) in [5, 5.41) is 4.53. The predicted octanol–water partition coefficient (Wildman–Crippen LogP) is 2.61. The first kappa shape index (κ1) is 12.2. The molecule has 4 heteroatoms. The lowest BCUT2D eigenvalue weighted by molar-refractivity contribution is 0.411. The lowest BCUT2D eigenvalue weighted by Gasteiger charge is -2.12. The van der Waals surface area contributed by atoms with Crippen LogP contribution in [0.25, 0.3) is 5.69 Å². The third-order valence-electron chi connectivity index (χ3n) is 3.79. The molecule has 1 heterocycles. The molecule has 3 rings (SSSR count). The molecule has 2 N–H and O–H groups in total. The minimum Gasteiger partial charge on any atom is -0.494 e. The molecule has 1 aromatic carbocycles. The second-order valence-electron chi connectivity index (χ2n) is 4.98. The van der Waals surface area contributed by atoms with E-state index in [1.165, 1.54) is 24.1 Å². The maximum atomic E-state index is 6.22. The first-order valence-electron chi connectivity index (χ1n) is 6.77. The van der Waals surface area contributed by atoms with Gasteiger partial charge in [-0.1, -0.05) is 18.6 Å². The quantitative estimate of drug-likeness (QED) is 0.841. The van der Waals surface area contributed by atoms with Crippen LogP contribution in [0.1, 0.15) is 36.6 Å². The summed E-state index contributed by atoms with van der Waals surface area (Å²) >= 11 is 0. The fourth-order valence-electron chi connectivity index (χ4n) is 2.77. The zero-order chi connectivity index (χ0) is 13.2. The van der Waals surface area contributed by atoms with Crippen LogP contribution in [-0.2, 0) is 6.42 Å². The average Bonchev–Trinajstić information content (AvgIpc) is 2.78. The average molecular weight is 257 g/mol. The molecule has 2 aromatic rings. The number of hydrogen-bond donors (Lipinski definition) is 1. The molecular formula is C15H19N3O. The summed E-state index contributed by atoms with van der Waals surface area (Å²) in [7, 11) is 1.69. The second kappa shape index (κ2) is 5.05. The number of nitrogens with zero attached hydrogens (tertiary/aromatic N) is 2. The van der Waals surface area contributed by atoms with Crippen LogP contribution < -0.4 is 10.5 Å². The van der Waals surface area contributed by atoms with E-state index >= 15 is 0 Å². The fraction of sp³-hybridized carbons (Fsp3) is 0.400. The maximum Gasteiger partial charge on any atom is 0.144 e. The Morgan fingerprint density at radius 1 is 1.32 bits per heavy atom. The summed E-state index contributed by atoms with van der Waals surface area (Å²) in [6, 6.07) is 8.07. The molecule has 1 unspecified atom stereocenters. The summed E-state index contributed by atoms with van der Waals surface area (Å²) in [6.07, 6.45) is 6.34. The zero-order valence-electron chi connectivity index (χ0n) is 11.2. The first-order valence-corrected chi connectivity index (χ1v) is 6.77. The Bertz CT molecular complexity index is 577. The number of benzene rings is 1. The van der Waals surface area contributed by atoms with Crippen molar-refractivity contribution in [1.29, 1.82) is 0 Å². The minimum atomic E-state index is 0.112.